The maximum absolute atomic E-state index is 10.7. The molecule has 1 unspecified atom stereocenters. The number of rotatable bonds is 1. The lowest BCUT2D eigenvalue weighted by molar-refractivity contribution is -0.132. The summed E-state index contributed by atoms with van der Waals surface area (Å²) in [5.74, 6) is -0.0536. The smallest absolute Gasteiger partial charge is 0.221 e. The van der Waals surface area contributed by atoms with Crippen LogP contribution in [0.15, 0.2) is 0 Å². The van der Waals surface area contributed by atoms with Gasteiger partial charge in [0.2, 0.25) is 5.91 Å². The van der Waals surface area contributed by atoms with Gasteiger partial charge in [0.25, 0.3) is 0 Å². The van der Waals surface area contributed by atoms with E-state index in [1.165, 1.54) is 11.8 Å². The molecule has 0 bridgehead atoms. The second-order valence-corrected chi connectivity index (χ2v) is 2.25. The molecule has 1 aliphatic rings. The summed E-state index contributed by atoms with van der Waals surface area (Å²) in [4.78, 5) is 22.5. The predicted molar refractivity (Wildman–Crippen MR) is 35.2 cm³/mol. The molecule has 0 aliphatic carbocycles. The first-order valence-corrected chi connectivity index (χ1v) is 3.21. The first kappa shape index (κ1) is 7.21. The molecule has 10 heavy (non-hydrogen) atoms. The van der Waals surface area contributed by atoms with Crippen LogP contribution >= 0.6 is 0 Å². The van der Waals surface area contributed by atoms with E-state index in [1.807, 2.05) is 0 Å². The number of nitrogens with zero attached hydrogens (tertiary/aromatic N) is 1. The third-order valence-corrected chi connectivity index (χ3v) is 1.58. The lowest BCUT2D eigenvalue weighted by Gasteiger charge is -2.16. The second kappa shape index (κ2) is 2.79. The molecule has 1 heterocycles. The molecule has 0 aromatic carbocycles. The molecule has 4 nitrogen and oxygen atoms in total. The van der Waals surface area contributed by atoms with Crippen molar-refractivity contribution in [3.8, 4) is 0 Å². The highest BCUT2D eigenvalue weighted by atomic mass is 16.2. The first-order chi connectivity index (χ1) is 4.75. The number of nitrogens with one attached hydrogen (secondary N) is 1. The minimum absolute atomic E-state index is 0.0536. The number of carbonyl (C=O) groups excluding carboxylic acids is 2. The van der Waals surface area contributed by atoms with Crippen molar-refractivity contribution in [3.05, 3.63) is 0 Å². The van der Waals surface area contributed by atoms with Gasteiger partial charge in [-0.3, -0.25) is 14.9 Å². The summed E-state index contributed by atoms with van der Waals surface area (Å²) in [6.45, 7) is 2.81. The lowest BCUT2D eigenvalue weighted by Crippen LogP contribution is -2.39. The maximum Gasteiger partial charge on any atom is 0.221 e. The Hall–Kier alpha value is -0.900. The van der Waals surface area contributed by atoms with Crippen molar-refractivity contribution >= 4 is 12.2 Å². The van der Waals surface area contributed by atoms with E-state index in [4.69, 9.17) is 0 Å². The zero-order valence-electron chi connectivity index (χ0n) is 5.83. The van der Waals surface area contributed by atoms with Crippen molar-refractivity contribution in [1.82, 2.24) is 10.2 Å². The van der Waals surface area contributed by atoms with Crippen molar-refractivity contribution in [2.45, 2.75) is 13.1 Å². The van der Waals surface area contributed by atoms with Crippen molar-refractivity contribution in [1.29, 1.82) is 0 Å². The summed E-state index contributed by atoms with van der Waals surface area (Å²) in [6, 6.07) is 0. The van der Waals surface area contributed by atoms with Gasteiger partial charge >= 0.3 is 0 Å². The minimum atomic E-state index is -0.391. The summed E-state index contributed by atoms with van der Waals surface area (Å²) in [5, 5.41) is 2.87. The van der Waals surface area contributed by atoms with Gasteiger partial charge in [-0.2, -0.15) is 0 Å². The molecule has 1 rings (SSSR count). The highest BCUT2D eigenvalue weighted by Crippen LogP contribution is 1.99. The van der Waals surface area contributed by atoms with Gasteiger partial charge in [-0.15, -0.1) is 0 Å². The van der Waals surface area contributed by atoms with Crippen LogP contribution in [0, 0.1) is 0 Å². The van der Waals surface area contributed by atoms with Crippen molar-refractivity contribution < 1.29 is 9.59 Å². The number of hydrogen-bond acceptors (Lipinski definition) is 3. The van der Waals surface area contributed by atoms with Crippen molar-refractivity contribution in [2.75, 3.05) is 13.1 Å². The van der Waals surface area contributed by atoms with Crippen LogP contribution in [0.2, 0.25) is 0 Å². The van der Waals surface area contributed by atoms with Crippen LogP contribution in [0.1, 0.15) is 6.92 Å². The van der Waals surface area contributed by atoms with Crippen molar-refractivity contribution in [3.63, 3.8) is 0 Å². The number of amides is 1. The standard InChI is InChI=1S/C6H10N2O2/c1-5(10)8-3-2-7-6(8)4-9/h4,6-7H,2-3H2,1H3. The Morgan fingerprint density at radius 3 is 2.90 bits per heavy atom. The Balaban J connectivity index is 2.58. The third-order valence-electron chi connectivity index (χ3n) is 1.58. The fraction of sp³-hybridized carbons (Fsp3) is 0.667. The molecule has 1 N–H and O–H groups in total. The predicted octanol–water partition coefficient (Wildman–Crippen LogP) is -1.04. The maximum atomic E-state index is 10.7. The number of aldehydes is 1. The molecule has 4 heteroatoms. The number of carbonyl (C=O) groups is 2. The zero-order chi connectivity index (χ0) is 7.56. The van der Waals surface area contributed by atoms with Crippen LogP contribution in [0.25, 0.3) is 0 Å². The molecule has 56 valence electrons. The van der Waals surface area contributed by atoms with E-state index in [1.54, 1.807) is 0 Å². The largest absolute Gasteiger partial charge is 0.319 e. The third kappa shape index (κ3) is 1.16. The summed E-state index contributed by atoms with van der Waals surface area (Å²) < 4.78 is 0. The number of hydrogen-bond donors (Lipinski definition) is 1. The second-order valence-electron chi connectivity index (χ2n) is 2.25. The molecule has 0 saturated carbocycles. The highest BCUT2D eigenvalue weighted by Gasteiger charge is 2.24. The van der Waals surface area contributed by atoms with Crippen LogP contribution in [-0.4, -0.2) is 36.3 Å². The minimum Gasteiger partial charge on any atom is -0.319 e. The van der Waals surface area contributed by atoms with Gasteiger partial charge in [-0.05, 0) is 0 Å². The Bertz CT molecular complexity index is 158. The van der Waals surface area contributed by atoms with E-state index in [9.17, 15) is 9.59 Å². The van der Waals surface area contributed by atoms with Gasteiger partial charge < -0.3 is 4.90 Å². The molecule has 1 saturated heterocycles. The quantitative estimate of drug-likeness (QED) is 0.476. The van der Waals surface area contributed by atoms with E-state index in [0.29, 0.717) is 13.1 Å². The van der Waals surface area contributed by atoms with Gasteiger partial charge in [-0.1, -0.05) is 0 Å². The van der Waals surface area contributed by atoms with E-state index in [0.717, 1.165) is 6.29 Å². The van der Waals surface area contributed by atoms with Crippen LogP contribution in [-0.2, 0) is 9.59 Å². The van der Waals surface area contributed by atoms with Crippen LogP contribution in [0.3, 0.4) is 0 Å². The normalized spacial score (nSPS) is 24.9. The topological polar surface area (TPSA) is 49.4 Å². The van der Waals surface area contributed by atoms with Gasteiger partial charge in [0.05, 0.1) is 0 Å². The van der Waals surface area contributed by atoms with E-state index >= 15 is 0 Å². The van der Waals surface area contributed by atoms with Crippen LogP contribution < -0.4 is 5.32 Å². The fourth-order valence-corrected chi connectivity index (χ4v) is 1.06. The molecule has 0 aromatic heterocycles. The molecule has 0 spiro atoms. The molecule has 1 amide bonds. The van der Waals surface area contributed by atoms with Crippen LogP contribution in [0.5, 0.6) is 0 Å². The monoisotopic (exact) mass is 142 g/mol. The molecular formula is C6H10N2O2. The molecule has 1 fully saturated rings. The van der Waals surface area contributed by atoms with Gasteiger partial charge in [0.15, 0.2) is 6.29 Å². The van der Waals surface area contributed by atoms with Crippen LogP contribution in [0.4, 0.5) is 0 Å². The van der Waals surface area contributed by atoms with E-state index in [-0.39, 0.29) is 5.91 Å². The average Bonchev–Trinajstić information content (AvgIpc) is 2.33. The SMILES string of the molecule is CC(=O)N1CCNC1C=O. The lowest BCUT2D eigenvalue weighted by atomic mass is 10.4. The Kier molecular flexibility index (Phi) is 2.01. The first-order valence-electron chi connectivity index (χ1n) is 3.21. The molecule has 0 aromatic rings. The summed E-state index contributed by atoms with van der Waals surface area (Å²) in [5.41, 5.74) is 0. The summed E-state index contributed by atoms with van der Waals surface area (Å²) in [6.07, 6.45) is 0.353. The molecule has 1 aliphatic heterocycles. The summed E-state index contributed by atoms with van der Waals surface area (Å²) in [7, 11) is 0. The Labute approximate surface area is 59.2 Å². The Morgan fingerprint density at radius 2 is 2.50 bits per heavy atom. The highest BCUT2D eigenvalue weighted by molar-refractivity contribution is 5.77. The van der Waals surface area contributed by atoms with Gasteiger partial charge in [0.1, 0.15) is 6.17 Å². The molecular weight excluding hydrogens is 132 g/mol. The van der Waals surface area contributed by atoms with Gasteiger partial charge in [-0.25, -0.2) is 0 Å². The molecule has 1 atom stereocenters. The van der Waals surface area contributed by atoms with Crippen molar-refractivity contribution in [2.24, 2.45) is 0 Å². The van der Waals surface area contributed by atoms with Gasteiger partial charge in [0, 0.05) is 20.0 Å². The zero-order valence-corrected chi connectivity index (χ0v) is 5.83. The van der Waals surface area contributed by atoms with E-state index in [2.05, 4.69) is 5.32 Å². The summed E-state index contributed by atoms with van der Waals surface area (Å²) >= 11 is 0. The fourth-order valence-electron chi connectivity index (χ4n) is 1.06. The van der Waals surface area contributed by atoms with E-state index < -0.39 is 6.17 Å². The Morgan fingerprint density at radius 1 is 1.80 bits per heavy atom. The molecule has 0 radical (unpaired) electrons. The average molecular weight is 142 g/mol.